The van der Waals surface area contributed by atoms with Gasteiger partial charge < -0.3 is 25.6 Å². The summed E-state index contributed by atoms with van der Waals surface area (Å²) < 4.78 is 5.41. The highest BCUT2D eigenvalue weighted by atomic mass is 16.6. The van der Waals surface area contributed by atoms with Crippen molar-refractivity contribution in [3.05, 3.63) is 35.9 Å². The second-order valence-corrected chi connectivity index (χ2v) is 14.2. The molecule has 0 spiro atoms. The largest absolute Gasteiger partial charge is 0.444 e. The van der Waals surface area contributed by atoms with Crippen LogP contribution in [0.4, 0.5) is 4.79 Å². The molecule has 1 aromatic rings. The highest BCUT2D eigenvalue weighted by Crippen LogP contribution is 2.65. The minimum Gasteiger partial charge on any atom is -0.444 e. The van der Waals surface area contributed by atoms with Gasteiger partial charge in [-0.05, 0) is 55.4 Å². The van der Waals surface area contributed by atoms with Crippen molar-refractivity contribution in [2.75, 3.05) is 6.54 Å². The molecular formula is C32H48N4O6. The average molecular weight is 585 g/mol. The van der Waals surface area contributed by atoms with Crippen molar-refractivity contribution in [2.24, 2.45) is 22.7 Å². The van der Waals surface area contributed by atoms with E-state index in [0.717, 1.165) is 5.56 Å². The van der Waals surface area contributed by atoms with E-state index in [4.69, 9.17) is 4.74 Å². The second-order valence-electron chi connectivity index (χ2n) is 14.2. The zero-order valence-electron chi connectivity index (χ0n) is 26.5. The number of carbonyl (C=O) groups excluding carboxylic acids is 5. The molecule has 3 rings (SSSR count). The summed E-state index contributed by atoms with van der Waals surface area (Å²) in [7, 11) is 0. The number of benzene rings is 1. The van der Waals surface area contributed by atoms with Gasteiger partial charge in [0, 0.05) is 13.1 Å². The monoisotopic (exact) mass is 584 g/mol. The van der Waals surface area contributed by atoms with Gasteiger partial charge in [-0.1, -0.05) is 78.3 Å². The van der Waals surface area contributed by atoms with Crippen LogP contribution in [0.15, 0.2) is 30.3 Å². The van der Waals surface area contributed by atoms with Crippen LogP contribution in [-0.2, 0) is 30.5 Å². The maximum Gasteiger partial charge on any atom is 0.408 e. The van der Waals surface area contributed by atoms with Gasteiger partial charge in [-0.15, -0.1) is 0 Å². The number of hydrogen-bond acceptors (Lipinski definition) is 6. The third-order valence-electron chi connectivity index (χ3n) is 8.26. The molecule has 1 heterocycles. The van der Waals surface area contributed by atoms with Crippen molar-refractivity contribution in [1.29, 1.82) is 0 Å². The summed E-state index contributed by atoms with van der Waals surface area (Å²) in [6.45, 7) is 17.3. The van der Waals surface area contributed by atoms with Crippen LogP contribution in [0.25, 0.3) is 0 Å². The molecule has 0 aromatic heterocycles. The summed E-state index contributed by atoms with van der Waals surface area (Å²) in [6.07, 6.45) is 0.141. The van der Waals surface area contributed by atoms with E-state index >= 15 is 0 Å². The lowest BCUT2D eigenvalue weighted by molar-refractivity contribution is -0.145. The van der Waals surface area contributed by atoms with Gasteiger partial charge in [-0.25, -0.2) is 4.79 Å². The molecule has 10 nitrogen and oxygen atoms in total. The number of fused-ring (bicyclic) bond motifs is 1. The molecule has 10 heteroatoms. The van der Waals surface area contributed by atoms with Crippen molar-refractivity contribution < 1.29 is 28.7 Å². The van der Waals surface area contributed by atoms with Crippen LogP contribution < -0.4 is 16.0 Å². The molecule has 1 aliphatic carbocycles. The van der Waals surface area contributed by atoms with Crippen LogP contribution >= 0.6 is 0 Å². The molecule has 4 amide bonds. The standard InChI is InChI=1S/C32H48N4O6/c1-10-14-21(24(37)27(39)33-17-19-15-12-11-13-16-19)34-26(38)23-22-20(32(22,8)9)18-36(23)28(40)25(30(2,3)4)35-29(41)42-31(5,6)7/h11-13,15-16,20-23,25H,10,14,17-18H2,1-9H3,(H,33,39)(H,34,38)(H,35,41)/t20?,21-,22+,23+,25-/m1/s1. The number of carbonyl (C=O) groups is 5. The number of ketones is 1. The SMILES string of the molecule is CCC[C@@H](NC(=O)[C@@H]1[C@@H]2C(CN1C(=O)[C@@H](NC(=O)OC(C)(C)C)C(C)(C)C)C2(C)C)C(=O)C(=O)NCc1ccccc1. The summed E-state index contributed by atoms with van der Waals surface area (Å²) >= 11 is 0. The van der Waals surface area contributed by atoms with Crippen LogP contribution in [0.2, 0.25) is 0 Å². The molecule has 232 valence electrons. The van der Waals surface area contributed by atoms with Crippen LogP contribution in [0.5, 0.6) is 0 Å². The highest BCUT2D eigenvalue weighted by molar-refractivity contribution is 6.38. The maximum absolute atomic E-state index is 14.0. The number of alkyl carbamates (subject to hydrolysis) is 1. The van der Waals surface area contributed by atoms with Crippen LogP contribution in [-0.4, -0.2) is 64.8 Å². The number of Topliss-reactive ketones (excluding diaryl/α,β-unsaturated/α-hetero) is 1. The first-order chi connectivity index (χ1) is 19.4. The van der Waals surface area contributed by atoms with E-state index in [1.165, 1.54) is 4.90 Å². The van der Waals surface area contributed by atoms with Crippen molar-refractivity contribution in [1.82, 2.24) is 20.9 Å². The number of ether oxygens (including phenoxy) is 1. The minimum absolute atomic E-state index is 0.104. The molecule has 3 N–H and O–H groups in total. The Morgan fingerprint density at radius 1 is 1.00 bits per heavy atom. The number of amides is 4. The molecule has 0 bridgehead atoms. The molecule has 5 atom stereocenters. The molecular weight excluding hydrogens is 536 g/mol. The third-order valence-corrected chi connectivity index (χ3v) is 8.26. The van der Waals surface area contributed by atoms with Gasteiger partial charge in [-0.2, -0.15) is 0 Å². The zero-order valence-corrected chi connectivity index (χ0v) is 26.5. The van der Waals surface area contributed by atoms with E-state index in [-0.39, 0.29) is 36.1 Å². The molecule has 1 saturated heterocycles. The minimum atomic E-state index is -1.02. The Labute approximate surface area is 249 Å². The predicted octanol–water partition coefficient (Wildman–Crippen LogP) is 3.58. The molecule has 2 fully saturated rings. The topological polar surface area (TPSA) is 134 Å². The molecule has 1 unspecified atom stereocenters. The van der Waals surface area contributed by atoms with Crippen LogP contribution in [0.3, 0.4) is 0 Å². The highest BCUT2D eigenvalue weighted by Gasteiger charge is 2.70. The molecule has 2 aliphatic rings. The molecule has 0 radical (unpaired) electrons. The van der Waals surface area contributed by atoms with E-state index in [2.05, 4.69) is 29.8 Å². The fourth-order valence-corrected chi connectivity index (χ4v) is 5.89. The summed E-state index contributed by atoms with van der Waals surface area (Å²) in [4.78, 5) is 68.0. The number of rotatable bonds is 10. The van der Waals surface area contributed by atoms with Gasteiger partial charge >= 0.3 is 6.09 Å². The van der Waals surface area contributed by atoms with E-state index in [9.17, 15) is 24.0 Å². The van der Waals surface area contributed by atoms with Gasteiger partial charge in [0.05, 0.1) is 6.04 Å². The quantitative estimate of drug-likeness (QED) is 0.360. The number of piperidine rings is 1. The Balaban J connectivity index is 1.78. The van der Waals surface area contributed by atoms with Gasteiger partial charge in [0.25, 0.3) is 5.91 Å². The van der Waals surface area contributed by atoms with Crippen molar-refractivity contribution in [3.8, 4) is 0 Å². The van der Waals surface area contributed by atoms with E-state index in [0.29, 0.717) is 13.0 Å². The van der Waals surface area contributed by atoms with E-state index in [1.54, 1.807) is 20.8 Å². The van der Waals surface area contributed by atoms with Crippen LogP contribution in [0, 0.1) is 22.7 Å². The van der Waals surface area contributed by atoms with Gasteiger partial charge in [0.2, 0.25) is 17.6 Å². The molecule has 1 saturated carbocycles. The predicted molar refractivity (Wildman–Crippen MR) is 159 cm³/mol. The lowest BCUT2D eigenvalue weighted by Gasteiger charge is -2.38. The Kier molecular flexibility index (Phi) is 9.79. The summed E-state index contributed by atoms with van der Waals surface area (Å²) in [5.41, 5.74) is -0.725. The fraction of sp³-hybridized carbons (Fsp3) is 0.656. The van der Waals surface area contributed by atoms with Gasteiger partial charge in [0.15, 0.2) is 0 Å². The zero-order chi connectivity index (χ0) is 31.6. The Bertz CT molecular complexity index is 1180. The van der Waals surface area contributed by atoms with Gasteiger partial charge in [-0.3, -0.25) is 19.2 Å². The Morgan fingerprint density at radius 3 is 2.17 bits per heavy atom. The number of likely N-dealkylation sites (tertiary alicyclic amines) is 1. The lowest BCUT2D eigenvalue weighted by Crippen LogP contribution is -2.60. The summed E-state index contributed by atoms with van der Waals surface area (Å²) in [5, 5.41) is 8.19. The molecule has 1 aromatic carbocycles. The van der Waals surface area contributed by atoms with E-state index < -0.39 is 52.8 Å². The Hall–Kier alpha value is -3.43. The third kappa shape index (κ3) is 7.69. The van der Waals surface area contributed by atoms with Crippen molar-refractivity contribution in [3.63, 3.8) is 0 Å². The molecule has 1 aliphatic heterocycles. The first-order valence-corrected chi connectivity index (χ1v) is 14.8. The average Bonchev–Trinajstić information content (AvgIpc) is 3.21. The first-order valence-electron chi connectivity index (χ1n) is 14.8. The number of hydrogen-bond donors (Lipinski definition) is 3. The van der Waals surface area contributed by atoms with Crippen molar-refractivity contribution in [2.45, 2.75) is 105 Å². The lowest BCUT2D eigenvalue weighted by atomic mass is 9.85. The van der Waals surface area contributed by atoms with Crippen LogP contribution in [0.1, 0.15) is 80.7 Å². The summed E-state index contributed by atoms with van der Waals surface area (Å²) in [5.74, 6) is -2.33. The second kappa shape index (κ2) is 12.4. The fourth-order valence-electron chi connectivity index (χ4n) is 5.89. The smallest absolute Gasteiger partial charge is 0.408 e. The first kappa shape index (κ1) is 33.1. The number of nitrogens with zero attached hydrogens (tertiary/aromatic N) is 1. The normalized spacial score (nSPS) is 22.3. The molecule has 42 heavy (non-hydrogen) atoms. The number of nitrogens with one attached hydrogen (secondary N) is 3. The van der Waals surface area contributed by atoms with E-state index in [1.807, 2.05) is 58.0 Å². The Morgan fingerprint density at radius 2 is 1.62 bits per heavy atom. The van der Waals surface area contributed by atoms with Crippen molar-refractivity contribution >= 4 is 29.6 Å². The van der Waals surface area contributed by atoms with Gasteiger partial charge in [0.1, 0.15) is 17.7 Å². The summed E-state index contributed by atoms with van der Waals surface area (Å²) in [6, 6.07) is 6.45. The maximum atomic E-state index is 14.0.